The Balaban J connectivity index is 2.42. The van der Waals surface area contributed by atoms with Crippen LogP contribution in [0.2, 0.25) is 0 Å². The second-order valence-electron chi connectivity index (χ2n) is 3.37. The van der Waals surface area contributed by atoms with Crippen molar-refractivity contribution in [2.45, 2.75) is 32.1 Å². The SMILES string of the molecule is Cc1c(C2CCC2)nc[nH]c1=O. The lowest BCUT2D eigenvalue weighted by atomic mass is 9.81. The molecule has 1 saturated carbocycles. The maximum atomic E-state index is 11.2. The van der Waals surface area contributed by atoms with Crippen LogP contribution in [0.15, 0.2) is 11.1 Å². The molecule has 1 N–H and O–H groups in total. The Morgan fingerprint density at radius 1 is 1.58 bits per heavy atom. The van der Waals surface area contributed by atoms with Gasteiger partial charge >= 0.3 is 0 Å². The molecular formula is C9H12N2O. The summed E-state index contributed by atoms with van der Waals surface area (Å²) in [7, 11) is 0. The highest BCUT2D eigenvalue weighted by Gasteiger charge is 2.22. The molecule has 0 radical (unpaired) electrons. The third-order valence-corrected chi connectivity index (χ3v) is 2.62. The number of rotatable bonds is 1. The molecule has 1 aliphatic rings. The molecule has 0 bridgehead atoms. The predicted octanol–water partition coefficient (Wildman–Crippen LogP) is 1.35. The standard InChI is InChI=1S/C9H12N2O/c1-6-8(7-3-2-4-7)10-5-11-9(6)12/h5,7H,2-4H2,1H3,(H,10,11,12). The molecule has 0 atom stereocenters. The van der Waals surface area contributed by atoms with E-state index >= 15 is 0 Å². The van der Waals surface area contributed by atoms with Gasteiger partial charge in [-0.3, -0.25) is 4.79 Å². The van der Waals surface area contributed by atoms with Crippen LogP contribution in [0.5, 0.6) is 0 Å². The lowest BCUT2D eigenvalue weighted by Crippen LogP contribution is -2.19. The van der Waals surface area contributed by atoms with Crippen LogP contribution in [0.3, 0.4) is 0 Å². The third kappa shape index (κ3) is 1.05. The smallest absolute Gasteiger partial charge is 0.253 e. The van der Waals surface area contributed by atoms with E-state index in [1.807, 2.05) is 6.92 Å². The van der Waals surface area contributed by atoms with Gasteiger partial charge in [0.15, 0.2) is 0 Å². The summed E-state index contributed by atoms with van der Waals surface area (Å²) >= 11 is 0. The van der Waals surface area contributed by atoms with Crippen molar-refractivity contribution >= 4 is 0 Å². The summed E-state index contributed by atoms with van der Waals surface area (Å²) in [5, 5.41) is 0. The summed E-state index contributed by atoms with van der Waals surface area (Å²) in [6, 6.07) is 0. The van der Waals surface area contributed by atoms with E-state index in [0.717, 1.165) is 11.3 Å². The molecule has 1 aromatic heterocycles. The van der Waals surface area contributed by atoms with E-state index in [4.69, 9.17) is 0 Å². The van der Waals surface area contributed by atoms with Crippen molar-refractivity contribution in [1.82, 2.24) is 9.97 Å². The average molecular weight is 164 g/mol. The average Bonchev–Trinajstić information content (AvgIpc) is 1.95. The topological polar surface area (TPSA) is 45.8 Å². The van der Waals surface area contributed by atoms with Gasteiger partial charge in [0, 0.05) is 11.5 Å². The van der Waals surface area contributed by atoms with Crippen LogP contribution < -0.4 is 5.56 Å². The molecule has 3 nitrogen and oxygen atoms in total. The van der Waals surface area contributed by atoms with E-state index in [-0.39, 0.29) is 5.56 Å². The largest absolute Gasteiger partial charge is 0.313 e. The molecule has 2 rings (SSSR count). The van der Waals surface area contributed by atoms with E-state index in [0.29, 0.717) is 5.92 Å². The Kier molecular flexibility index (Phi) is 1.71. The van der Waals surface area contributed by atoms with E-state index in [2.05, 4.69) is 9.97 Å². The van der Waals surface area contributed by atoms with E-state index < -0.39 is 0 Å². The Labute approximate surface area is 70.9 Å². The number of nitrogens with zero attached hydrogens (tertiary/aromatic N) is 1. The normalized spacial score (nSPS) is 17.4. The lowest BCUT2D eigenvalue weighted by Gasteiger charge is -2.25. The van der Waals surface area contributed by atoms with Gasteiger partial charge in [-0.1, -0.05) is 6.42 Å². The maximum absolute atomic E-state index is 11.2. The number of aromatic amines is 1. The van der Waals surface area contributed by atoms with Crippen LogP contribution in [0.1, 0.15) is 36.4 Å². The Bertz CT molecular complexity index is 339. The van der Waals surface area contributed by atoms with Gasteiger partial charge in [0.05, 0.1) is 12.0 Å². The van der Waals surface area contributed by atoms with Crippen molar-refractivity contribution in [2.75, 3.05) is 0 Å². The zero-order valence-corrected chi connectivity index (χ0v) is 7.13. The first-order chi connectivity index (χ1) is 5.79. The quantitative estimate of drug-likeness (QED) is 0.680. The van der Waals surface area contributed by atoms with Crippen LogP contribution in [0, 0.1) is 6.92 Å². The molecule has 0 aromatic carbocycles. The van der Waals surface area contributed by atoms with Crippen molar-refractivity contribution < 1.29 is 0 Å². The molecule has 1 aromatic rings. The highest BCUT2D eigenvalue weighted by molar-refractivity contribution is 5.20. The molecule has 0 saturated heterocycles. The summed E-state index contributed by atoms with van der Waals surface area (Å²) in [5.41, 5.74) is 1.80. The number of aromatic nitrogens is 2. The van der Waals surface area contributed by atoms with Crippen LogP contribution in [-0.2, 0) is 0 Å². The molecule has 0 unspecified atom stereocenters. The van der Waals surface area contributed by atoms with Crippen LogP contribution >= 0.6 is 0 Å². The van der Waals surface area contributed by atoms with Gasteiger partial charge < -0.3 is 4.98 Å². The Morgan fingerprint density at radius 3 is 2.92 bits per heavy atom. The van der Waals surface area contributed by atoms with Gasteiger partial charge in [-0.05, 0) is 19.8 Å². The highest BCUT2D eigenvalue weighted by atomic mass is 16.1. The molecule has 12 heavy (non-hydrogen) atoms. The number of hydrogen-bond donors (Lipinski definition) is 1. The number of hydrogen-bond acceptors (Lipinski definition) is 2. The predicted molar refractivity (Wildman–Crippen MR) is 46.2 cm³/mol. The highest BCUT2D eigenvalue weighted by Crippen LogP contribution is 2.35. The number of H-pyrrole nitrogens is 1. The lowest BCUT2D eigenvalue weighted by molar-refractivity contribution is 0.408. The molecule has 0 amide bonds. The molecule has 1 fully saturated rings. The number of nitrogens with one attached hydrogen (secondary N) is 1. The zero-order valence-electron chi connectivity index (χ0n) is 7.13. The summed E-state index contributed by atoms with van der Waals surface area (Å²) in [6.07, 6.45) is 5.16. The van der Waals surface area contributed by atoms with Crippen LogP contribution in [0.25, 0.3) is 0 Å². The minimum absolute atomic E-state index is 0.00639. The van der Waals surface area contributed by atoms with Gasteiger partial charge in [-0.15, -0.1) is 0 Å². The van der Waals surface area contributed by atoms with Crippen molar-refractivity contribution in [3.05, 3.63) is 27.9 Å². The fourth-order valence-electron chi connectivity index (χ4n) is 1.58. The molecule has 64 valence electrons. The Hall–Kier alpha value is -1.12. The molecule has 1 aliphatic carbocycles. The first kappa shape index (κ1) is 7.53. The minimum Gasteiger partial charge on any atom is -0.313 e. The summed E-state index contributed by atoms with van der Waals surface area (Å²) in [4.78, 5) is 18.0. The fourth-order valence-corrected chi connectivity index (χ4v) is 1.58. The van der Waals surface area contributed by atoms with Crippen molar-refractivity contribution in [1.29, 1.82) is 0 Å². The summed E-state index contributed by atoms with van der Waals surface area (Å²) in [6.45, 7) is 1.85. The zero-order chi connectivity index (χ0) is 8.55. The van der Waals surface area contributed by atoms with E-state index in [1.54, 1.807) is 0 Å². The van der Waals surface area contributed by atoms with E-state index in [9.17, 15) is 4.79 Å². The maximum Gasteiger partial charge on any atom is 0.253 e. The Morgan fingerprint density at radius 2 is 2.33 bits per heavy atom. The second kappa shape index (κ2) is 2.73. The molecular weight excluding hydrogens is 152 g/mol. The van der Waals surface area contributed by atoms with Crippen LogP contribution in [-0.4, -0.2) is 9.97 Å². The van der Waals surface area contributed by atoms with Crippen molar-refractivity contribution in [3.63, 3.8) is 0 Å². The van der Waals surface area contributed by atoms with Crippen LogP contribution in [0.4, 0.5) is 0 Å². The monoisotopic (exact) mass is 164 g/mol. The summed E-state index contributed by atoms with van der Waals surface area (Å²) in [5.74, 6) is 0.548. The van der Waals surface area contributed by atoms with Crippen molar-refractivity contribution in [2.24, 2.45) is 0 Å². The molecule has 0 spiro atoms. The summed E-state index contributed by atoms with van der Waals surface area (Å²) < 4.78 is 0. The minimum atomic E-state index is 0.00639. The van der Waals surface area contributed by atoms with Gasteiger partial charge in [0.25, 0.3) is 5.56 Å². The molecule has 1 heterocycles. The van der Waals surface area contributed by atoms with E-state index in [1.165, 1.54) is 25.6 Å². The van der Waals surface area contributed by atoms with Gasteiger partial charge in [-0.25, -0.2) is 4.98 Å². The molecule has 3 heteroatoms. The fraction of sp³-hybridized carbons (Fsp3) is 0.556. The first-order valence-electron chi connectivity index (χ1n) is 4.33. The first-order valence-corrected chi connectivity index (χ1v) is 4.33. The molecule has 0 aliphatic heterocycles. The van der Waals surface area contributed by atoms with Crippen molar-refractivity contribution in [3.8, 4) is 0 Å². The third-order valence-electron chi connectivity index (χ3n) is 2.62. The second-order valence-corrected chi connectivity index (χ2v) is 3.37. The van der Waals surface area contributed by atoms with Gasteiger partial charge in [-0.2, -0.15) is 0 Å². The van der Waals surface area contributed by atoms with Gasteiger partial charge in [0.2, 0.25) is 0 Å². The van der Waals surface area contributed by atoms with Gasteiger partial charge in [0.1, 0.15) is 0 Å².